The van der Waals surface area contributed by atoms with Gasteiger partial charge >= 0.3 is 6.09 Å². The van der Waals surface area contributed by atoms with E-state index in [1.165, 1.54) is 0 Å². The molecule has 19 heavy (non-hydrogen) atoms. The van der Waals surface area contributed by atoms with Crippen molar-refractivity contribution >= 4 is 11.8 Å². The summed E-state index contributed by atoms with van der Waals surface area (Å²) in [6.07, 6.45) is 1.83. The standard InChI is InChI=1S/C14H18N2O3/c17-13-6-2-1-5-11(13)16-12(9-19-14(16)18)10-4-3-7-15-8-10/h1-2,5-6,10,12,15,17H,3-4,7-9H2. The van der Waals surface area contributed by atoms with Crippen LogP contribution in [-0.2, 0) is 4.74 Å². The highest BCUT2D eigenvalue weighted by atomic mass is 16.6. The molecule has 0 saturated carbocycles. The number of phenols is 1. The molecule has 2 atom stereocenters. The summed E-state index contributed by atoms with van der Waals surface area (Å²) < 4.78 is 5.19. The molecule has 0 bridgehead atoms. The lowest BCUT2D eigenvalue weighted by atomic mass is 9.91. The normalized spacial score (nSPS) is 27.4. The van der Waals surface area contributed by atoms with Crippen LogP contribution >= 0.6 is 0 Å². The molecule has 1 aromatic rings. The molecule has 1 aromatic carbocycles. The average Bonchev–Trinajstić information content (AvgIpc) is 2.82. The molecule has 2 fully saturated rings. The average molecular weight is 262 g/mol. The van der Waals surface area contributed by atoms with Crippen molar-refractivity contribution in [2.24, 2.45) is 5.92 Å². The number of nitrogens with one attached hydrogen (secondary N) is 1. The number of nitrogens with zero attached hydrogens (tertiary/aromatic N) is 1. The quantitative estimate of drug-likeness (QED) is 0.852. The summed E-state index contributed by atoms with van der Waals surface area (Å²) in [5.74, 6) is 0.495. The second-order valence-electron chi connectivity index (χ2n) is 5.11. The molecule has 0 aromatic heterocycles. The monoisotopic (exact) mass is 262 g/mol. The number of rotatable bonds is 2. The first-order chi connectivity index (χ1) is 9.27. The van der Waals surface area contributed by atoms with Crippen LogP contribution in [0.1, 0.15) is 12.8 Å². The summed E-state index contributed by atoms with van der Waals surface area (Å²) in [6, 6.07) is 6.92. The molecule has 5 nitrogen and oxygen atoms in total. The van der Waals surface area contributed by atoms with Crippen LogP contribution in [0.25, 0.3) is 0 Å². The zero-order valence-corrected chi connectivity index (χ0v) is 10.7. The van der Waals surface area contributed by atoms with E-state index in [1.807, 2.05) is 6.07 Å². The molecule has 2 saturated heterocycles. The molecule has 2 heterocycles. The predicted octanol–water partition coefficient (Wildman–Crippen LogP) is 1.72. The molecule has 3 rings (SSSR count). The van der Waals surface area contributed by atoms with Gasteiger partial charge in [0.15, 0.2) is 0 Å². The lowest BCUT2D eigenvalue weighted by Gasteiger charge is -2.32. The van der Waals surface area contributed by atoms with Crippen molar-refractivity contribution in [1.29, 1.82) is 0 Å². The number of hydrogen-bond acceptors (Lipinski definition) is 4. The van der Waals surface area contributed by atoms with Crippen LogP contribution in [-0.4, -0.2) is 36.9 Å². The van der Waals surface area contributed by atoms with Crippen LogP contribution in [0.2, 0.25) is 0 Å². The molecule has 2 aliphatic heterocycles. The smallest absolute Gasteiger partial charge is 0.414 e. The van der Waals surface area contributed by atoms with E-state index >= 15 is 0 Å². The van der Waals surface area contributed by atoms with Crippen molar-refractivity contribution in [1.82, 2.24) is 5.32 Å². The second kappa shape index (κ2) is 5.09. The first-order valence-electron chi connectivity index (χ1n) is 6.72. The second-order valence-corrected chi connectivity index (χ2v) is 5.11. The molecule has 2 unspecified atom stereocenters. The van der Waals surface area contributed by atoms with Crippen LogP contribution in [0.5, 0.6) is 5.75 Å². The Hall–Kier alpha value is -1.75. The topological polar surface area (TPSA) is 61.8 Å². The highest BCUT2D eigenvalue weighted by molar-refractivity contribution is 5.92. The fourth-order valence-electron chi connectivity index (χ4n) is 2.94. The Labute approximate surface area is 112 Å². The number of benzene rings is 1. The lowest BCUT2D eigenvalue weighted by molar-refractivity contribution is 0.174. The summed E-state index contributed by atoms with van der Waals surface area (Å²) in [5.41, 5.74) is 0.542. The number of carbonyl (C=O) groups excluding carboxylic acids is 1. The number of para-hydroxylation sites is 2. The number of hydrogen-bond donors (Lipinski definition) is 2. The fourth-order valence-corrected chi connectivity index (χ4v) is 2.94. The maximum atomic E-state index is 12.0. The third kappa shape index (κ3) is 2.26. The van der Waals surface area contributed by atoms with Crippen LogP contribution in [0.15, 0.2) is 24.3 Å². The lowest BCUT2D eigenvalue weighted by Crippen LogP contribution is -2.45. The van der Waals surface area contributed by atoms with Crippen LogP contribution in [0, 0.1) is 5.92 Å². The summed E-state index contributed by atoms with van der Waals surface area (Å²) in [6.45, 7) is 2.33. The molecular formula is C14H18N2O3. The number of phenolic OH excluding ortho intramolecular Hbond substituents is 1. The van der Waals surface area contributed by atoms with E-state index in [2.05, 4.69) is 5.32 Å². The zero-order valence-electron chi connectivity index (χ0n) is 10.7. The number of ether oxygens (including phenoxy) is 1. The molecular weight excluding hydrogens is 244 g/mol. The van der Waals surface area contributed by atoms with E-state index in [0.29, 0.717) is 18.2 Å². The predicted molar refractivity (Wildman–Crippen MR) is 71.3 cm³/mol. The van der Waals surface area contributed by atoms with Gasteiger partial charge < -0.3 is 15.2 Å². The molecule has 5 heteroatoms. The molecule has 2 aliphatic rings. The first kappa shape index (κ1) is 12.3. The molecule has 0 radical (unpaired) electrons. The van der Waals surface area contributed by atoms with Crippen molar-refractivity contribution in [3.63, 3.8) is 0 Å². The minimum atomic E-state index is -0.364. The summed E-state index contributed by atoms with van der Waals surface area (Å²) in [7, 11) is 0. The van der Waals surface area contributed by atoms with Crippen molar-refractivity contribution in [2.75, 3.05) is 24.6 Å². The Bertz CT molecular complexity index is 472. The summed E-state index contributed by atoms with van der Waals surface area (Å²) >= 11 is 0. The van der Waals surface area contributed by atoms with Gasteiger partial charge in [0.05, 0.1) is 11.7 Å². The molecule has 2 N–H and O–H groups in total. The van der Waals surface area contributed by atoms with Gasteiger partial charge in [-0.2, -0.15) is 0 Å². The van der Waals surface area contributed by atoms with Gasteiger partial charge in [-0.1, -0.05) is 12.1 Å². The van der Waals surface area contributed by atoms with Crippen molar-refractivity contribution in [2.45, 2.75) is 18.9 Å². The Morgan fingerprint density at radius 2 is 2.21 bits per heavy atom. The Balaban J connectivity index is 1.88. The van der Waals surface area contributed by atoms with Crippen LogP contribution in [0.4, 0.5) is 10.5 Å². The highest BCUT2D eigenvalue weighted by Crippen LogP contribution is 2.34. The van der Waals surface area contributed by atoms with E-state index in [-0.39, 0.29) is 17.9 Å². The Morgan fingerprint density at radius 3 is 2.95 bits per heavy atom. The van der Waals surface area contributed by atoms with Crippen molar-refractivity contribution in [3.05, 3.63) is 24.3 Å². The summed E-state index contributed by atoms with van der Waals surface area (Å²) in [4.78, 5) is 13.6. The Morgan fingerprint density at radius 1 is 1.37 bits per heavy atom. The maximum Gasteiger partial charge on any atom is 0.414 e. The molecule has 1 amide bonds. The first-order valence-corrected chi connectivity index (χ1v) is 6.72. The number of amides is 1. The van der Waals surface area contributed by atoms with Gasteiger partial charge in [0.2, 0.25) is 0 Å². The van der Waals surface area contributed by atoms with Crippen LogP contribution in [0.3, 0.4) is 0 Å². The molecule has 0 aliphatic carbocycles. The van der Waals surface area contributed by atoms with E-state index < -0.39 is 0 Å². The fraction of sp³-hybridized carbons (Fsp3) is 0.500. The zero-order chi connectivity index (χ0) is 13.2. The van der Waals surface area contributed by atoms with Gasteiger partial charge in [-0.3, -0.25) is 4.90 Å². The highest BCUT2D eigenvalue weighted by Gasteiger charge is 2.40. The third-order valence-electron chi connectivity index (χ3n) is 3.93. The van der Waals surface area contributed by atoms with Gasteiger partial charge in [0.1, 0.15) is 12.4 Å². The SMILES string of the molecule is O=C1OCC(C2CCCNC2)N1c1ccccc1O. The van der Waals surface area contributed by atoms with Gasteiger partial charge in [0.25, 0.3) is 0 Å². The number of aromatic hydroxyl groups is 1. The van der Waals surface area contributed by atoms with Crippen molar-refractivity contribution in [3.8, 4) is 5.75 Å². The number of cyclic esters (lactones) is 1. The van der Waals surface area contributed by atoms with Crippen molar-refractivity contribution < 1.29 is 14.6 Å². The van der Waals surface area contributed by atoms with Gasteiger partial charge in [0, 0.05) is 6.54 Å². The number of carbonyl (C=O) groups is 1. The maximum absolute atomic E-state index is 12.0. The van der Waals surface area contributed by atoms with E-state index in [9.17, 15) is 9.90 Å². The molecule has 0 spiro atoms. The third-order valence-corrected chi connectivity index (χ3v) is 3.93. The van der Waals surface area contributed by atoms with E-state index in [4.69, 9.17) is 4.74 Å². The molecule has 102 valence electrons. The van der Waals surface area contributed by atoms with Gasteiger partial charge in [-0.15, -0.1) is 0 Å². The minimum Gasteiger partial charge on any atom is -0.506 e. The van der Waals surface area contributed by atoms with E-state index in [1.54, 1.807) is 23.1 Å². The van der Waals surface area contributed by atoms with Gasteiger partial charge in [-0.25, -0.2) is 4.79 Å². The minimum absolute atomic E-state index is 0.00796. The van der Waals surface area contributed by atoms with Gasteiger partial charge in [-0.05, 0) is 37.4 Å². The van der Waals surface area contributed by atoms with E-state index in [0.717, 1.165) is 25.9 Å². The largest absolute Gasteiger partial charge is 0.506 e. The Kier molecular flexibility index (Phi) is 3.29. The number of anilines is 1. The number of piperidine rings is 1. The van der Waals surface area contributed by atoms with Crippen LogP contribution < -0.4 is 10.2 Å². The summed E-state index contributed by atoms with van der Waals surface area (Å²) in [5, 5.41) is 13.3.